The second-order valence-corrected chi connectivity index (χ2v) is 6.43. The minimum Gasteiger partial charge on any atom is -0.423 e. The van der Waals surface area contributed by atoms with E-state index < -0.39 is 46.1 Å². The van der Waals surface area contributed by atoms with Crippen molar-refractivity contribution >= 4 is 12.0 Å². The summed E-state index contributed by atoms with van der Waals surface area (Å²) in [4.78, 5) is 12.3. The molecule has 0 radical (unpaired) electrons. The Labute approximate surface area is 158 Å². The third-order valence-corrected chi connectivity index (χ3v) is 4.52. The summed E-state index contributed by atoms with van der Waals surface area (Å²) in [6.45, 7) is 2.01. The molecule has 3 nitrogen and oxygen atoms in total. The topological polar surface area (TPSA) is 50.1 Å². The van der Waals surface area contributed by atoms with E-state index in [1.807, 2.05) is 6.92 Å². The van der Waals surface area contributed by atoms with Gasteiger partial charge in [0.05, 0.1) is 0 Å². The van der Waals surface area contributed by atoms with Crippen molar-refractivity contribution in [2.24, 2.45) is 0 Å². The Hall–Kier alpha value is -3.14. The van der Waals surface area contributed by atoms with Gasteiger partial charge in [0.1, 0.15) is 46.2 Å². The molecule has 0 unspecified atom stereocenters. The van der Waals surface area contributed by atoms with E-state index in [2.05, 4.69) is 0 Å². The fraction of sp³-hybridized carbons (Fsp3) is 0.238. The fourth-order valence-electron chi connectivity index (χ4n) is 3.22. The molecule has 0 amide bonds. The first-order valence-corrected chi connectivity index (χ1v) is 8.67. The summed E-state index contributed by atoms with van der Waals surface area (Å²) in [5.41, 5.74) is -0.119. The zero-order valence-corrected chi connectivity index (χ0v) is 14.9. The van der Waals surface area contributed by atoms with Crippen molar-refractivity contribution in [1.29, 1.82) is 5.26 Å². The van der Waals surface area contributed by atoms with Gasteiger partial charge in [-0.05, 0) is 36.5 Å². The van der Waals surface area contributed by atoms with Gasteiger partial charge < -0.3 is 4.74 Å². The van der Waals surface area contributed by atoms with Crippen molar-refractivity contribution < 1.29 is 27.1 Å². The van der Waals surface area contributed by atoms with Crippen LogP contribution in [0.15, 0.2) is 23.8 Å². The summed E-state index contributed by atoms with van der Waals surface area (Å²) in [5.74, 6) is -6.66. The number of fused-ring (bicyclic) bond motifs is 1. The van der Waals surface area contributed by atoms with Crippen LogP contribution < -0.4 is 4.74 Å². The Balaban J connectivity index is 1.95. The van der Waals surface area contributed by atoms with E-state index in [-0.39, 0.29) is 5.56 Å². The molecule has 0 bridgehead atoms. The van der Waals surface area contributed by atoms with Crippen LogP contribution in [0.4, 0.5) is 17.6 Å². The Morgan fingerprint density at radius 2 is 1.79 bits per heavy atom. The molecule has 0 saturated heterocycles. The zero-order chi connectivity index (χ0) is 20.4. The number of halogens is 4. The van der Waals surface area contributed by atoms with Crippen molar-refractivity contribution in [1.82, 2.24) is 0 Å². The lowest BCUT2D eigenvalue weighted by molar-refractivity contribution is 0.0723. The lowest BCUT2D eigenvalue weighted by Crippen LogP contribution is -2.17. The maximum Gasteiger partial charge on any atom is 0.349 e. The molecule has 0 spiro atoms. The smallest absolute Gasteiger partial charge is 0.349 e. The molecule has 0 saturated carbocycles. The summed E-state index contributed by atoms with van der Waals surface area (Å²) >= 11 is 0. The number of hydrogen-bond donors (Lipinski definition) is 0. The molecule has 0 heterocycles. The minimum absolute atomic E-state index is 0.199. The summed E-state index contributed by atoms with van der Waals surface area (Å²) in [7, 11) is 0. The fourth-order valence-corrected chi connectivity index (χ4v) is 3.22. The predicted molar refractivity (Wildman–Crippen MR) is 93.6 cm³/mol. The van der Waals surface area contributed by atoms with Crippen molar-refractivity contribution in [2.75, 3.05) is 0 Å². The molecular formula is C21H15F4NO2. The number of ether oxygens (including phenoxy) is 1. The highest BCUT2D eigenvalue weighted by Crippen LogP contribution is 2.32. The van der Waals surface area contributed by atoms with Crippen LogP contribution in [0.25, 0.3) is 6.08 Å². The Morgan fingerprint density at radius 1 is 1.11 bits per heavy atom. The van der Waals surface area contributed by atoms with Gasteiger partial charge in [0.15, 0.2) is 0 Å². The number of benzene rings is 2. The standard InChI is InChI=1S/C21H15F4NO2/c1-2-3-11-4-5-14-12(6-11)7-18(24)19(20(14)25)21(27)28-13-8-16(22)15(10-26)17(23)9-13/h6-9H,2-5H2,1H3. The lowest BCUT2D eigenvalue weighted by Gasteiger charge is -2.19. The van der Waals surface area contributed by atoms with Crippen LogP contribution in [-0.4, -0.2) is 5.97 Å². The summed E-state index contributed by atoms with van der Waals surface area (Å²) in [5, 5.41) is 8.65. The third kappa shape index (κ3) is 3.63. The van der Waals surface area contributed by atoms with Gasteiger partial charge in [0.25, 0.3) is 0 Å². The van der Waals surface area contributed by atoms with Gasteiger partial charge in [-0.2, -0.15) is 5.26 Å². The lowest BCUT2D eigenvalue weighted by atomic mass is 9.88. The number of allylic oxidation sites excluding steroid dienone is 1. The molecule has 0 fully saturated rings. The van der Waals surface area contributed by atoms with E-state index in [0.29, 0.717) is 30.5 Å². The molecule has 0 aliphatic heterocycles. The highest BCUT2D eigenvalue weighted by atomic mass is 19.1. The number of nitriles is 1. The molecule has 2 aromatic rings. The number of rotatable bonds is 4. The molecule has 144 valence electrons. The first-order valence-electron chi connectivity index (χ1n) is 8.67. The molecule has 0 aromatic heterocycles. The van der Waals surface area contributed by atoms with Crippen molar-refractivity contribution in [3.63, 3.8) is 0 Å². The monoisotopic (exact) mass is 389 g/mol. The molecule has 2 aromatic carbocycles. The van der Waals surface area contributed by atoms with Crippen LogP contribution in [-0.2, 0) is 6.42 Å². The molecule has 1 aliphatic carbocycles. The molecule has 7 heteroatoms. The second-order valence-electron chi connectivity index (χ2n) is 6.43. The van der Waals surface area contributed by atoms with Crippen molar-refractivity contribution in [3.05, 3.63) is 69.3 Å². The van der Waals surface area contributed by atoms with Crippen molar-refractivity contribution in [2.45, 2.75) is 32.6 Å². The Bertz CT molecular complexity index is 1010. The number of nitrogens with zero attached hydrogens (tertiary/aromatic N) is 1. The second kappa shape index (κ2) is 7.85. The van der Waals surface area contributed by atoms with Gasteiger partial charge in [-0.15, -0.1) is 0 Å². The zero-order valence-electron chi connectivity index (χ0n) is 14.9. The molecular weight excluding hydrogens is 374 g/mol. The van der Waals surface area contributed by atoms with Gasteiger partial charge in [-0.1, -0.05) is 25.0 Å². The first-order chi connectivity index (χ1) is 13.3. The van der Waals surface area contributed by atoms with Crippen molar-refractivity contribution in [3.8, 4) is 11.8 Å². The normalized spacial score (nSPS) is 12.8. The number of carbonyl (C=O) groups is 1. The average molecular weight is 389 g/mol. The maximum absolute atomic E-state index is 14.8. The Morgan fingerprint density at radius 3 is 2.39 bits per heavy atom. The van der Waals surface area contributed by atoms with E-state index in [1.165, 1.54) is 6.07 Å². The first kappa shape index (κ1) is 19.6. The van der Waals surface area contributed by atoms with Gasteiger partial charge in [-0.25, -0.2) is 22.4 Å². The maximum atomic E-state index is 14.8. The van der Waals surface area contributed by atoms with Crippen LogP contribution in [0.2, 0.25) is 0 Å². The molecule has 0 N–H and O–H groups in total. The largest absolute Gasteiger partial charge is 0.423 e. The minimum atomic E-state index is -1.41. The van der Waals surface area contributed by atoms with Gasteiger partial charge in [0.2, 0.25) is 0 Å². The summed E-state index contributed by atoms with van der Waals surface area (Å²) < 4.78 is 61.2. The highest BCUT2D eigenvalue weighted by molar-refractivity contribution is 5.92. The average Bonchev–Trinajstić information content (AvgIpc) is 2.61. The SMILES string of the molecule is CCCC1=Cc2cc(F)c(C(=O)Oc3cc(F)c(C#N)c(F)c3)c(F)c2CC1. The third-order valence-electron chi connectivity index (χ3n) is 4.52. The van der Waals surface area contributed by atoms with Crippen LogP contribution in [0.1, 0.15) is 53.2 Å². The molecule has 0 atom stereocenters. The van der Waals surface area contributed by atoms with E-state index >= 15 is 0 Å². The van der Waals surface area contributed by atoms with Crippen LogP contribution in [0, 0.1) is 34.6 Å². The number of esters is 1. The van der Waals surface area contributed by atoms with Crippen LogP contribution >= 0.6 is 0 Å². The van der Waals surface area contributed by atoms with Gasteiger partial charge in [-0.3, -0.25) is 0 Å². The van der Waals surface area contributed by atoms with Gasteiger partial charge >= 0.3 is 5.97 Å². The predicted octanol–water partition coefficient (Wildman–Crippen LogP) is 5.46. The van der Waals surface area contributed by atoms with E-state index in [4.69, 9.17) is 10.00 Å². The van der Waals surface area contributed by atoms with Gasteiger partial charge in [0, 0.05) is 12.1 Å². The Kier molecular flexibility index (Phi) is 5.50. The summed E-state index contributed by atoms with van der Waals surface area (Å²) in [6, 6.07) is 3.59. The summed E-state index contributed by atoms with van der Waals surface area (Å²) in [6.07, 6.45) is 4.36. The molecule has 1 aliphatic rings. The van der Waals surface area contributed by atoms with E-state index in [9.17, 15) is 22.4 Å². The van der Waals surface area contributed by atoms with Crippen LogP contribution in [0.3, 0.4) is 0 Å². The van der Waals surface area contributed by atoms with Crippen LogP contribution in [0.5, 0.6) is 5.75 Å². The van der Waals surface area contributed by atoms with E-state index in [0.717, 1.165) is 24.5 Å². The highest BCUT2D eigenvalue weighted by Gasteiger charge is 2.27. The number of carbonyl (C=O) groups excluding carboxylic acids is 1. The van der Waals surface area contributed by atoms with E-state index in [1.54, 1.807) is 6.08 Å². The quantitative estimate of drug-likeness (QED) is 0.396. The molecule has 28 heavy (non-hydrogen) atoms. The number of hydrogen-bond acceptors (Lipinski definition) is 3. The molecule has 3 rings (SSSR count).